The first-order valence-electron chi connectivity index (χ1n) is 14.9. The van der Waals surface area contributed by atoms with Gasteiger partial charge in [0.15, 0.2) is 0 Å². The first-order valence-corrected chi connectivity index (χ1v) is 16.5. The molecule has 0 radical (unpaired) electrons. The fraction of sp³-hybridized carbons (Fsp3) is 0.0263. The molecule has 0 bridgehead atoms. The zero-order valence-electron chi connectivity index (χ0n) is 25.2. The minimum atomic E-state index is -0.630. The van der Waals surface area contributed by atoms with Gasteiger partial charge in [0.2, 0.25) is 5.91 Å². The lowest BCUT2D eigenvalue weighted by atomic mass is 10.1. The Morgan fingerprint density at radius 1 is 0.708 bits per heavy atom. The number of hydrogen-bond acceptors (Lipinski definition) is 4. The van der Waals surface area contributed by atoms with Crippen LogP contribution in [0.4, 0.5) is 11.4 Å². The van der Waals surface area contributed by atoms with E-state index in [9.17, 15) is 14.4 Å². The van der Waals surface area contributed by atoms with Gasteiger partial charge in [0.25, 0.3) is 11.8 Å². The predicted molar refractivity (Wildman–Crippen MR) is 195 cm³/mol. The van der Waals surface area contributed by atoms with Gasteiger partial charge in [-0.25, -0.2) is 0 Å². The summed E-state index contributed by atoms with van der Waals surface area (Å²) in [4.78, 5) is 44.5. The first kappa shape index (κ1) is 32.7. The van der Waals surface area contributed by atoms with Gasteiger partial charge in [0, 0.05) is 44.5 Å². The molecule has 3 amide bonds. The van der Waals surface area contributed by atoms with E-state index >= 15 is 0 Å². The van der Waals surface area contributed by atoms with Gasteiger partial charge in [-0.3, -0.25) is 14.4 Å². The molecule has 0 fully saturated rings. The zero-order valence-corrected chi connectivity index (χ0v) is 27.6. The summed E-state index contributed by atoms with van der Waals surface area (Å²) < 4.78 is 0. The summed E-state index contributed by atoms with van der Waals surface area (Å²) in [6.45, 7) is 0. The number of rotatable bonds is 10. The molecule has 0 saturated carbocycles. The molecule has 0 aliphatic carbocycles. The summed E-state index contributed by atoms with van der Waals surface area (Å²) in [5, 5.41) is 9.64. The Bertz CT molecular complexity index is 2130. The molecule has 238 valence electrons. The third-order valence-corrected chi connectivity index (χ3v) is 9.31. The molecule has 5 aromatic carbocycles. The summed E-state index contributed by atoms with van der Waals surface area (Å²) in [6, 6.07) is 37.9. The van der Waals surface area contributed by atoms with Crippen LogP contribution < -0.4 is 16.0 Å². The number of fused-ring (bicyclic) bond motifs is 1. The molecular weight excluding hydrogens is 663 g/mol. The van der Waals surface area contributed by atoms with Gasteiger partial charge >= 0.3 is 0 Å². The monoisotopic (exact) mass is 690 g/mol. The van der Waals surface area contributed by atoms with Crippen LogP contribution >= 0.6 is 35.0 Å². The Hall–Kier alpha value is -5.28. The molecule has 4 N–H and O–H groups in total. The Kier molecular flexibility index (Phi) is 10.3. The lowest BCUT2D eigenvalue weighted by molar-refractivity contribution is -0.116. The minimum absolute atomic E-state index is 0.0647. The Balaban J connectivity index is 1.25. The number of nitrogens with one attached hydrogen (secondary N) is 4. The van der Waals surface area contributed by atoms with Crippen LogP contribution in [0.1, 0.15) is 26.7 Å². The van der Waals surface area contributed by atoms with Crippen molar-refractivity contribution in [1.29, 1.82) is 0 Å². The van der Waals surface area contributed by atoms with E-state index in [1.54, 1.807) is 72.9 Å². The average molecular weight is 692 g/mol. The third-order valence-electron chi connectivity index (χ3n) is 7.32. The van der Waals surface area contributed by atoms with Crippen LogP contribution in [0.5, 0.6) is 0 Å². The fourth-order valence-corrected chi connectivity index (χ4v) is 6.36. The van der Waals surface area contributed by atoms with Crippen LogP contribution in [-0.2, 0) is 9.59 Å². The fourth-order valence-electron chi connectivity index (χ4n) is 4.98. The maximum absolute atomic E-state index is 13.8. The summed E-state index contributed by atoms with van der Waals surface area (Å²) in [5.74, 6) is -1.19. The second-order valence-corrected chi connectivity index (χ2v) is 12.7. The molecule has 1 unspecified atom stereocenters. The van der Waals surface area contributed by atoms with E-state index in [1.807, 2.05) is 66.7 Å². The van der Waals surface area contributed by atoms with Gasteiger partial charge in [-0.15, -0.1) is 11.8 Å². The highest BCUT2D eigenvalue weighted by atomic mass is 35.5. The summed E-state index contributed by atoms with van der Waals surface area (Å²) >= 11 is 13.6. The van der Waals surface area contributed by atoms with Crippen LogP contribution in [0.15, 0.2) is 144 Å². The number of aromatic nitrogens is 1. The second kappa shape index (κ2) is 15.1. The van der Waals surface area contributed by atoms with Crippen LogP contribution in [0, 0.1) is 0 Å². The van der Waals surface area contributed by atoms with Crippen LogP contribution in [0.2, 0.25) is 10.0 Å². The topological polar surface area (TPSA) is 103 Å². The highest BCUT2D eigenvalue weighted by molar-refractivity contribution is 8.00. The normalized spacial score (nSPS) is 11.9. The summed E-state index contributed by atoms with van der Waals surface area (Å²) in [7, 11) is 0. The van der Waals surface area contributed by atoms with Gasteiger partial charge in [0.05, 0.1) is 10.0 Å². The molecule has 6 aromatic rings. The lowest BCUT2D eigenvalue weighted by Gasteiger charge is -2.18. The van der Waals surface area contributed by atoms with Gasteiger partial charge in [-0.05, 0) is 66.2 Å². The molecule has 0 spiro atoms. The molecule has 1 heterocycles. The van der Waals surface area contributed by atoms with Crippen LogP contribution in [0.3, 0.4) is 0 Å². The van der Waals surface area contributed by atoms with E-state index in [4.69, 9.17) is 23.2 Å². The molecule has 7 nitrogen and oxygen atoms in total. The van der Waals surface area contributed by atoms with E-state index in [0.717, 1.165) is 26.9 Å². The maximum atomic E-state index is 13.8. The third kappa shape index (κ3) is 7.98. The molecule has 0 aliphatic heterocycles. The number of H-pyrrole nitrogens is 1. The first-order chi connectivity index (χ1) is 23.3. The maximum Gasteiger partial charge on any atom is 0.272 e. The summed E-state index contributed by atoms with van der Waals surface area (Å²) in [5.41, 5.74) is 3.92. The highest BCUT2D eigenvalue weighted by Crippen LogP contribution is 2.37. The van der Waals surface area contributed by atoms with Crippen molar-refractivity contribution in [2.45, 2.75) is 10.1 Å². The van der Waals surface area contributed by atoms with E-state index in [0.29, 0.717) is 27.0 Å². The predicted octanol–water partition coefficient (Wildman–Crippen LogP) is 9.36. The molecule has 6 rings (SSSR count). The Morgan fingerprint density at radius 2 is 1.42 bits per heavy atom. The molecule has 1 atom stereocenters. The number of hydrogen-bond donors (Lipinski definition) is 4. The van der Waals surface area contributed by atoms with Crippen molar-refractivity contribution in [3.05, 3.63) is 166 Å². The number of para-hydroxylation sites is 1. The van der Waals surface area contributed by atoms with Crippen LogP contribution in [0.25, 0.3) is 17.0 Å². The zero-order chi connectivity index (χ0) is 33.5. The number of amides is 3. The van der Waals surface area contributed by atoms with Crippen molar-refractivity contribution in [2.75, 3.05) is 10.6 Å². The van der Waals surface area contributed by atoms with Crippen molar-refractivity contribution in [1.82, 2.24) is 10.3 Å². The largest absolute Gasteiger partial charge is 0.361 e. The average Bonchev–Trinajstić information content (AvgIpc) is 3.52. The molecule has 1 aromatic heterocycles. The lowest BCUT2D eigenvalue weighted by Crippen LogP contribution is -2.30. The number of benzene rings is 5. The van der Waals surface area contributed by atoms with Gasteiger partial charge in [-0.1, -0.05) is 96.0 Å². The van der Waals surface area contributed by atoms with Gasteiger partial charge in [0.1, 0.15) is 10.9 Å². The molecular formula is C38H28Cl2N4O3S. The van der Waals surface area contributed by atoms with Gasteiger partial charge in [-0.2, -0.15) is 0 Å². The summed E-state index contributed by atoms with van der Waals surface area (Å²) in [6.07, 6.45) is 3.43. The Morgan fingerprint density at radius 3 is 2.19 bits per heavy atom. The van der Waals surface area contributed by atoms with Crippen LogP contribution in [-0.4, -0.2) is 22.7 Å². The number of carbonyl (C=O) groups excluding carboxylic acids is 3. The van der Waals surface area contributed by atoms with E-state index < -0.39 is 17.1 Å². The SMILES string of the molecule is O=C(Nc1cccc(SC(C(=O)Nc2ccc(Cl)c(Cl)c2)c2ccccc2)c1)/C(=C/c1c[nH]c2ccccc12)NC(=O)c1ccccc1. The second-order valence-electron chi connectivity index (χ2n) is 10.7. The molecule has 0 aliphatic rings. The minimum Gasteiger partial charge on any atom is -0.361 e. The highest BCUT2D eigenvalue weighted by Gasteiger charge is 2.23. The molecule has 48 heavy (non-hydrogen) atoms. The molecule has 10 heteroatoms. The van der Waals surface area contributed by atoms with E-state index in [-0.39, 0.29) is 11.6 Å². The number of carbonyl (C=O) groups is 3. The Labute approximate surface area is 291 Å². The van der Waals surface area contributed by atoms with Gasteiger partial charge < -0.3 is 20.9 Å². The van der Waals surface area contributed by atoms with Crippen molar-refractivity contribution in [3.63, 3.8) is 0 Å². The molecule has 0 saturated heterocycles. The van der Waals surface area contributed by atoms with Crippen molar-refractivity contribution in [2.24, 2.45) is 0 Å². The number of anilines is 2. The number of thioether (sulfide) groups is 1. The van der Waals surface area contributed by atoms with E-state index in [1.165, 1.54) is 11.8 Å². The quantitative estimate of drug-likeness (QED) is 0.0849. The number of aromatic amines is 1. The van der Waals surface area contributed by atoms with Crippen molar-refractivity contribution >= 4 is 81.0 Å². The van der Waals surface area contributed by atoms with Crippen molar-refractivity contribution in [3.8, 4) is 0 Å². The van der Waals surface area contributed by atoms with Crippen molar-refractivity contribution < 1.29 is 14.4 Å². The standard InChI is InChI=1S/C38H28Cl2N4O3S/c39-31-19-18-28(22-32(31)40)43-38(47)35(24-10-3-1-4-11-24)48-29-15-9-14-27(21-29)42-37(46)34(44-36(45)25-12-5-2-6-13-25)20-26-23-41-33-17-8-7-16-30(26)33/h1-23,35,41H,(H,42,46)(H,43,47)(H,44,45)/b34-20-. The number of halogens is 2. The smallest absolute Gasteiger partial charge is 0.272 e. The van der Waals surface area contributed by atoms with E-state index in [2.05, 4.69) is 20.9 Å².